The highest BCUT2D eigenvalue weighted by molar-refractivity contribution is 9.10. The Balaban J connectivity index is 1.62. The van der Waals surface area contributed by atoms with Crippen LogP contribution in [0.5, 0.6) is 0 Å². The first-order chi connectivity index (χ1) is 11.0. The van der Waals surface area contributed by atoms with Crippen LogP contribution in [0.2, 0.25) is 0 Å². The Bertz CT molecular complexity index is 686. The zero-order valence-corrected chi connectivity index (χ0v) is 14.6. The third-order valence-electron chi connectivity index (χ3n) is 3.98. The summed E-state index contributed by atoms with van der Waals surface area (Å²) in [6.07, 6.45) is 0.699. The fourth-order valence-electron chi connectivity index (χ4n) is 2.68. The standard InChI is InChI=1S/C16H18BrN3O3/c1-10(12-3-5-13(17)6-4-12)20-8-7-14(23-16(20)21)9-15-19-18-11(2)22-15/h3-6,10,14H,7-9H2,1-2H3. The maximum absolute atomic E-state index is 12.3. The number of halogens is 1. The SMILES string of the molecule is Cc1nnc(CC2CCN(C(C)c3ccc(Br)cc3)C(=O)O2)o1. The largest absolute Gasteiger partial charge is 0.445 e. The lowest BCUT2D eigenvalue weighted by Crippen LogP contribution is -2.43. The van der Waals surface area contributed by atoms with E-state index in [9.17, 15) is 4.79 Å². The van der Waals surface area contributed by atoms with Gasteiger partial charge < -0.3 is 14.1 Å². The highest BCUT2D eigenvalue weighted by Gasteiger charge is 2.31. The molecule has 1 aliphatic heterocycles. The summed E-state index contributed by atoms with van der Waals surface area (Å²) in [7, 11) is 0. The van der Waals surface area contributed by atoms with Crippen LogP contribution in [0.15, 0.2) is 33.2 Å². The van der Waals surface area contributed by atoms with Crippen LogP contribution in [-0.2, 0) is 11.2 Å². The Hall–Kier alpha value is -1.89. The summed E-state index contributed by atoms with van der Waals surface area (Å²) in [5, 5.41) is 7.74. The summed E-state index contributed by atoms with van der Waals surface area (Å²) in [6, 6.07) is 7.94. The fraction of sp³-hybridized carbons (Fsp3) is 0.438. The average Bonchev–Trinajstić information content (AvgIpc) is 2.92. The molecule has 23 heavy (non-hydrogen) atoms. The fourth-order valence-corrected chi connectivity index (χ4v) is 2.94. The third-order valence-corrected chi connectivity index (χ3v) is 4.51. The van der Waals surface area contributed by atoms with Gasteiger partial charge in [-0.2, -0.15) is 0 Å². The number of nitrogens with zero attached hydrogens (tertiary/aromatic N) is 3. The highest BCUT2D eigenvalue weighted by atomic mass is 79.9. The maximum atomic E-state index is 12.3. The van der Waals surface area contributed by atoms with Crippen molar-refractivity contribution in [3.05, 3.63) is 46.1 Å². The molecule has 1 aromatic carbocycles. The van der Waals surface area contributed by atoms with Crippen molar-refractivity contribution in [1.82, 2.24) is 15.1 Å². The number of carbonyl (C=O) groups is 1. The topological polar surface area (TPSA) is 68.5 Å². The van der Waals surface area contributed by atoms with Gasteiger partial charge in [0.15, 0.2) is 0 Å². The molecule has 7 heteroatoms. The first-order valence-electron chi connectivity index (χ1n) is 7.54. The molecule has 0 radical (unpaired) electrons. The number of hydrogen-bond donors (Lipinski definition) is 0. The first kappa shape index (κ1) is 16.0. The number of aryl methyl sites for hydroxylation is 1. The van der Waals surface area contributed by atoms with Gasteiger partial charge in [0, 0.05) is 24.4 Å². The zero-order valence-electron chi connectivity index (χ0n) is 13.0. The van der Waals surface area contributed by atoms with Crippen LogP contribution >= 0.6 is 15.9 Å². The molecule has 2 unspecified atom stereocenters. The predicted octanol–water partition coefficient (Wildman–Crippen LogP) is 3.66. The molecule has 0 N–H and O–H groups in total. The molecule has 6 nitrogen and oxygen atoms in total. The van der Waals surface area contributed by atoms with Gasteiger partial charge in [-0.25, -0.2) is 4.79 Å². The van der Waals surface area contributed by atoms with Crippen molar-refractivity contribution < 1.29 is 13.9 Å². The number of benzene rings is 1. The Morgan fingerprint density at radius 2 is 2.09 bits per heavy atom. The molecule has 1 aliphatic rings. The van der Waals surface area contributed by atoms with Gasteiger partial charge in [0.2, 0.25) is 11.8 Å². The van der Waals surface area contributed by atoms with E-state index in [-0.39, 0.29) is 18.2 Å². The summed E-state index contributed by atoms with van der Waals surface area (Å²) in [4.78, 5) is 14.1. The van der Waals surface area contributed by atoms with E-state index in [1.807, 2.05) is 31.2 Å². The number of rotatable bonds is 4. The second-order valence-electron chi connectivity index (χ2n) is 5.63. The van der Waals surface area contributed by atoms with E-state index in [4.69, 9.17) is 9.15 Å². The van der Waals surface area contributed by atoms with Crippen LogP contribution in [0.1, 0.15) is 36.7 Å². The molecular weight excluding hydrogens is 362 g/mol. The second-order valence-corrected chi connectivity index (χ2v) is 6.55. The minimum atomic E-state index is -0.298. The molecule has 1 fully saturated rings. The summed E-state index contributed by atoms with van der Waals surface area (Å²) >= 11 is 3.42. The van der Waals surface area contributed by atoms with E-state index >= 15 is 0 Å². The molecule has 122 valence electrons. The van der Waals surface area contributed by atoms with Gasteiger partial charge in [-0.05, 0) is 24.6 Å². The molecule has 1 saturated heterocycles. The lowest BCUT2D eigenvalue weighted by molar-refractivity contribution is 0.0112. The van der Waals surface area contributed by atoms with Gasteiger partial charge in [0.05, 0.1) is 12.5 Å². The maximum Gasteiger partial charge on any atom is 0.410 e. The molecule has 0 saturated carbocycles. The van der Waals surface area contributed by atoms with Gasteiger partial charge >= 0.3 is 6.09 Å². The number of cyclic esters (lactones) is 1. The van der Waals surface area contributed by atoms with E-state index in [1.54, 1.807) is 11.8 Å². The lowest BCUT2D eigenvalue weighted by atomic mass is 10.1. The molecule has 1 aromatic heterocycles. The van der Waals surface area contributed by atoms with Crippen molar-refractivity contribution >= 4 is 22.0 Å². The minimum absolute atomic E-state index is 0.0257. The smallest absolute Gasteiger partial charge is 0.410 e. The van der Waals surface area contributed by atoms with Crippen LogP contribution in [0, 0.1) is 6.92 Å². The summed E-state index contributed by atoms with van der Waals surface area (Å²) in [5.41, 5.74) is 1.08. The van der Waals surface area contributed by atoms with Crippen molar-refractivity contribution in [3.63, 3.8) is 0 Å². The normalized spacial score (nSPS) is 19.5. The average molecular weight is 380 g/mol. The lowest BCUT2D eigenvalue weighted by Gasteiger charge is -2.35. The van der Waals surface area contributed by atoms with Crippen LogP contribution in [0.25, 0.3) is 0 Å². The monoisotopic (exact) mass is 379 g/mol. The van der Waals surface area contributed by atoms with Gasteiger partial charge in [-0.3, -0.25) is 0 Å². The Morgan fingerprint density at radius 3 is 2.70 bits per heavy atom. The molecule has 2 heterocycles. The zero-order chi connectivity index (χ0) is 16.4. The number of ether oxygens (including phenoxy) is 1. The second kappa shape index (κ2) is 6.70. The highest BCUT2D eigenvalue weighted by Crippen LogP contribution is 2.27. The molecule has 0 bridgehead atoms. The van der Waals surface area contributed by atoms with Crippen LogP contribution < -0.4 is 0 Å². The molecular formula is C16H18BrN3O3. The molecule has 2 aromatic rings. The van der Waals surface area contributed by atoms with Crippen molar-refractivity contribution in [2.75, 3.05) is 6.54 Å². The van der Waals surface area contributed by atoms with E-state index in [0.717, 1.165) is 16.5 Å². The number of aromatic nitrogens is 2. The number of carbonyl (C=O) groups excluding carboxylic acids is 1. The van der Waals surface area contributed by atoms with Gasteiger partial charge in [-0.15, -0.1) is 10.2 Å². The number of amides is 1. The van der Waals surface area contributed by atoms with Crippen LogP contribution in [0.3, 0.4) is 0 Å². The molecule has 2 atom stereocenters. The van der Waals surface area contributed by atoms with E-state index in [0.29, 0.717) is 24.7 Å². The van der Waals surface area contributed by atoms with Crippen LogP contribution in [-0.4, -0.2) is 33.8 Å². The van der Waals surface area contributed by atoms with Crippen molar-refractivity contribution in [3.8, 4) is 0 Å². The third kappa shape index (κ3) is 3.72. The Kier molecular flexibility index (Phi) is 4.66. The van der Waals surface area contributed by atoms with Gasteiger partial charge in [0.25, 0.3) is 0 Å². The van der Waals surface area contributed by atoms with Gasteiger partial charge in [0.1, 0.15) is 6.10 Å². The Morgan fingerprint density at radius 1 is 1.35 bits per heavy atom. The minimum Gasteiger partial charge on any atom is -0.445 e. The summed E-state index contributed by atoms with van der Waals surface area (Å²) in [6.45, 7) is 4.39. The molecule has 3 rings (SSSR count). The summed E-state index contributed by atoms with van der Waals surface area (Å²) in [5.74, 6) is 1.03. The van der Waals surface area contributed by atoms with Gasteiger partial charge in [-0.1, -0.05) is 28.1 Å². The van der Waals surface area contributed by atoms with E-state index in [1.165, 1.54) is 0 Å². The Labute approximate surface area is 143 Å². The first-order valence-corrected chi connectivity index (χ1v) is 8.34. The molecule has 1 amide bonds. The molecule has 0 spiro atoms. The quantitative estimate of drug-likeness (QED) is 0.810. The van der Waals surface area contributed by atoms with Crippen molar-refractivity contribution in [1.29, 1.82) is 0 Å². The predicted molar refractivity (Wildman–Crippen MR) is 86.9 cm³/mol. The van der Waals surface area contributed by atoms with E-state index < -0.39 is 0 Å². The summed E-state index contributed by atoms with van der Waals surface area (Å²) < 4.78 is 11.9. The number of hydrogen-bond acceptors (Lipinski definition) is 5. The van der Waals surface area contributed by atoms with Crippen molar-refractivity contribution in [2.45, 2.75) is 38.8 Å². The van der Waals surface area contributed by atoms with Crippen molar-refractivity contribution in [2.24, 2.45) is 0 Å². The van der Waals surface area contributed by atoms with E-state index in [2.05, 4.69) is 26.1 Å². The molecule has 0 aliphatic carbocycles. The van der Waals surface area contributed by atoms with Crippen LogP contribution in [0.4, 0.5) is 4.79 Å².